The summed E-state index contributed by atoms with van der Waals surface area (Å²) in [5.41, 5.74) is 2.49. The molecule has 1 saturated carbocycles. The molecule has 1 heterocycles. The highest BCUT2D eigenvalue weighted by molar-refractivity contribution is 7.15. The molecule has 0 saturated heterocycles. The van der Waals surface area contributed by atoms with Gasteiger partial charge in [-0.3, -0.25) is 0 Å². The van der Waals surface area contributed by atoms with Gasteiger partial charge in [0.05, 0.1) is 9.88 Å². The van der Waals surface area contributed by atoms with Crippen molar-refractivity contribution in [3.05, 3.63) is 40.5 Å². The summed E-state index contributed by atoms with van der Waals surface area (Å²) in [6, 6.07) is 8.26. The lowest BCUT2D eigenvalue weighted by molar-refractivity contribution is 0.0692. The predicted octanol–water partition coefficient (Wildman–Crippen LogP) is 4.51. The topological polar surface area (TPSA) is 50.2 Å². The van der Waals surface area contributed by atoms with Crippen molar-refractivity contribution in [1.82, 2.24) is 4.98 Å². The summed E-state index contributed by atoms with van der Waals surface area (Å²) in [7, 11) is 0. The lowest BCUT2D eigenvalue weighted by Gasteiger charge is -2.03. The zero-order valence-electron chi connectivity index (χ0n) is 11.6. The second kappa shape index (κ2) is 5.02. The maximum Gasteiger partial charge on any atom is 0.356 e. The molecule has 0 aliphatic heterocycles. The SMILES string of the molecule is CC(C)c1nc(C(=O)O)c(-c2cccc(C3CC3)c2)s1. The maximum absolute atomic E-state index is 11.4. The highest BCUT2D eigenvalue weighted by Crippen LogP contribution is 2.42. The van der Waals surface area contributed by atoms with Crippen LogP contribution in [0.3, 0.4) is 0 Å². The van der Waals surface area contributed by atoms with Crippen LogP contribution >= 0.6 is 11.3 Å². The number of benzene rings is 1. The number of aromatic nitrogens is 1. The first-order chi connectivity index (χ1) is 9.56. The van der Waals surface area contributed by atoms with Crippen molar-refractivity contribution in [2.75, 3.05) is 0 Å². The number of thiazole rings is 1. The number of hydrogen-bond donors (Lipinski definition) is 1. The van der Waals surface area contributed by atoms with Crippen molar-refractivity contribution in [3.8, 4) is 10.4 Å². The van der Waals surface area contributed by atoms with Gasteiger partial charge in [-0.05, 0) is 36.0 Å². The van der Waals surface area contributed by atoms with E-state index in [-0.39, 0.29) is 11.6 Å². The summed E-state index contributed by atoms with van der Waals surface area (Å²) in [5, 5.41) is 10.2. The highest BCUT2D eigenvalue weighted by Gasteiger charge is 2.25. The number of carboxylic acids is 1. The summed E-state index contributed by atoms with van der Waals surface area (Å²) in [4.78, 5) is 16.5. The van der Waals surface area contributed by atoms with Crippen molar-refractivity contribution >= 4 is 17.3 Å². The minimum atomic E-state index is -0.944. The Labute approximate surface area is 122 Å². The van der Waals surface area contributed by atoms with Crippen LogP contribution in [0.25, 0.3) is 10.4 Å². The fourth-order valence-electron chi connectivity index (χ4n) is 2.27. The molecule has 3 nitrogen and oxygen atoms in total. The van der Waals surface area contributed by atoms with Crippen LogP contribution in [0, 0.1) is 0 Å². The van der Waals surface area contributed by atoms with Gasteiger partial charge in [-0.1, -0.05) is 32.0 Å². The second-order valence-corrected chi connectivity index (χ2v) is 6.62. The molecule has 0 amide bonds. The minimum Gasteiger partial charge on any atom is -0.476 e. The first kappa shape index (κ1) is 13.3. The molecule has 0 unspecified atom stereocenters. The molecule has 1 aliphatic carbocycles. The zero-order valence-corrected chi connectivity index (χ0v) is 12.4. The molecule has 3 rings (SSSR count). The third-order valence-corrected chi connectivity index (χ3v) is 4.94. The molecule has 2 aromatic rings. The van der Waals surface area contributed by atoms with Crippen LogP contribution in [-0.2, 0) is 0 Å². The molecular formula is C16H17NO2S. The Kier molecular flexibility index (Phi) is 3.34. The van der Waals surface area contributed by atoms with Crippen molar-refractivity contribution in [3.63, 3.8) is 0 Å². The average molecular weight is 287 g/mol. The van der Waals surface area contributed by atoms with E-state index in [9.17, 15) is 9.90 Å². The standard InChI is InChI=1S/C16H17NO2S/c1-9(2)15-17-13(16(18)19)14(20-15)12-5-3-4-11(8-12)10-6-7-10/h3-5,8-10H,6-7H2,1-2H3,(H,18,19). The first-order valence-corrected chi connectivity index (χ1v) is 7.72. The molecule has 104 valence electrons. The van der Waals surface area contributed by atoms with E-state index in [0.717, 1.165) is 15.4 Å². The Morgan fingerprint density at radius 2 is 2.15 bits per heavy atom. The summed E-state index contributed by atoms with van der Waals surface area (Å²) in [5.74, 6) is -0.0286. The molecular weight excluding hydrogens is 270 g/mol. The van der Waals surface area contributed by atoms with Gasteiger partial charge in [0.2, 0.25) is 0 Å². The van der Waals surface area contributed by atoms with Crippen molar-refractivity contribution < 1.29 is 9.90 Å². The van der Waals surface area contributed by atoms with Crippen molar-refractivity contribution in [1.29, 1.82) is 0 Å². The largest absolute Gasteiger partial charge is 0.476 e. The minimum absolute atomic E-state index is 0.187. The quantitative estimate of drug-likeness (QED) is 0.900. The lowest BCUT2D eigenvalue weighted by atomic mass is 10.1. The first-order valence-electron chi connectivity index (χ1n) is 6.90. The van der Waals surface area contributed by atoms with E-state index in [1.54, 1.807) is 0 Å². The van der Waals surface area contributed by atoms with Gasteiger partial charge in [0, 0.05) is 5.92 Å². The fourth-order valence-corrected chi connectivity index (χ4v) is 3.33. The van der Waals surface area contributed by atoms with E-state index in [1.165, 1.54) is 29.7 Å². The number of carboxylic acid groups (broad SMARTS) is 1. The zero-order chi connectivity index (χ0) is 14.3. The van der Waals surface area contributed by atoms with Crippen LogP contribution in [0.1, 0.15) is 59.6 Å². The highest BCUT2D eigenvalue weighted by atomic mass is 32.1. The van der Waals surface area contributed by atoms with Gasteiger partial charge < -0.3 is 5.11 Å². The van der Waals surface area contributed by atoms with E-state index < -0.39 is 5.97 Å². The second-order valence-electron chi connectivity index (χ2n) is 5.59. The fraction of sp³-hybridized carbons (Fsp3) is 0.375. The third-order valence-electron chi connectivity index (χ3n) is 3.54. The summed E-state index contributed by atoms with van der Waals surface area (Å²) >= 11 is 1.50. The Balaban J connectivity index is 2.08. The van der Waals surface area contributed by atoms with Gasteiger partial charge >= 0.3 is 5.97 Å². The van der Waals surface area contributed by atoms with E-state index in [2.05, 4.69) is 17.1 Å². The van der Waals surface area contributed by atoms with Crippen LogP contribution in [0.2, 0.25) is 0 Å². The molecule has 4 heteroatoms. The number of carbonyl (C=O) groups is 1. The summed E-state index contributed by atoms with van der Waals surface area (Å²) < 4.78 is 0. The van der Waals surface area contributed by atoms with Crippen LogP contribution in [-0.4, -0.2) is 16.1 Å². The van der Waals surface area contributed by atoms with Gasteiger partial charge in [-0.15, -0.1) is 11.3 Å². The number of rotatable bonds is 4. The van der Waals surface area contributed by atoms with Gasteiger partial charge in [-0.2, -0.15) is 0 Å². The average Bonchev–Trinajstić information content (AvgIpc) is 3.16. The Morgan fingerprint density at radius 3 is 2.75 bits per heavy atom. The molecule has 1 fully saturated rings. The Morgan fingerprint density at radius 1 is 1.40 bits per heavy atom. The molecule has 0 atom stereocenters. The molecule has 0 radical (unpaired) electrons. The molecule has 0 bridgehead atoms. The molecule has 0 spiro atoms. The van der Waals surface area contributed by atoms with E-state index >= 15 is 0 Å². The summed E-state index contributed by atoms with van der Waals surface area (Å²) in [6.45, 7) is 4.07. The molecule has 1 aromatic carbocycles. The molecule has 1 aromatic heterocycles. The van der Waals surface area contributed by atoms with Crippen LogP contribution in [0.4, 0.5) is 0 Å². The smallest absolute Gasteiger partial charge is 0.356 e. The Bertz CT molecular complexity index is 656. The van der Waals surface area contributed by atoms with Crippen molar-refractivity contribution in [2.24, 2.45) is 0 Å². The predicted molar refractivity (Wildman–Crippen MR) is 80.6 cm³/mol. The van der Waals surface area contributed by atoms with E-state index in [1.807, 2.05) is 26.0 Å². The number of nitrogens with zero attached hydrogens (tertiary/aromatic N) is 1. The van der Waals surface area contributed by atoms with E-state index in [4.69, 9.17) is 0 Å². The number of aromatic carboxylic acids is 1. The van der Waals surface area contributed by atoms with Gasteiger partial charge in [0.1, 0.15) is 0 Å². The maximum atomic E-state index is 11.4. The molecule has 20 heavy (non-hydrogen) atoms. The van der Waals surface area contributed by atoms with Crippen LogP contribution in [0.5, 0.6) is 0 Å². The lowest BCUT2D eigenvalue weighted by Crippen LogP contribution is -1.99. The summed E-state index contributed by atoms with van der Waals surface area (Å²) in [6.07, 6.45) is 2.49. The van der Waals surface area contributed by atoms with Crippen molar-refractivity contribution in [2.45, 2.75) is 38.5 Å². The van der Waals surface area contributed by atoms with Gasteiger partial charge in [-0.25, -0.2) is 9.78 Å². The van der Waals surface area contributed by atoms with Gasteiger partial charge in [0.25, 0.3) is 0 Å². The third kappa shape index (κ3) is 2.48. The number of hydrogen-bond acceptors (Lipinski definition) is 3. The normalized spacial score (nSPS) is 14.8. The molecule has 1 aliphatic rings. The van der Waals surface area contributed by atoms with Crippen LogP contribution in [0.15, 0.2) is 24.3 Å². The van der Waals surface area contributed by atoms with Gasteiger partial charge in [0.15, 0.2) is 5.69 Å². The van der Waals surface area contributed by atoms with E-state index in [0.29, 0.717) is 5.92 Å². The molecule has 1 N–H and O–H groups in total. The monoisotopic (exact) mass is 287 g/mol. The van der Waals surface area contributed by atoms with Crippen LogP contribution < -0.4 is 0 Å². The Hall–Kier alpha value is -1.68.